The van der Waals surface area contributed by atoms with E-state index in [2.05, 4.69) is 15.2 Å². The second kappa shape index (κ2) is 4.72. The van der Waals surface area contributed by atoms with Crippen molar-refractivity contribution < 1.29 is 13.2 Å². The summed E-state index contributed by atoms with van der Waals surface area (Å²) < 4.78 is 39.9. The van der Waals surface area contributed by atoms with E-state index in [1.54, 1.807) is 12.3 Å². The maximum atomic E-state index is 13.1. The fourth-order valence-corrected chi connectivity index (χ4v) is 2.85. The van der Waals surface area contributed by atoms with Crippen LogP contribution in [-0.4, -0.2) is 15.2 Å². The van der Waals surface area contributed by atoms with Gasteiger partial charge in [-0.25, -0.2) is 4.98 Å². The van der Waals surface area contributed by atoms with E-state index in [9.17, 15) is 13.2 Å². The highest BCUT2D eigenvalue weighted by molar-refractivity contribution is 14.1. The molecule has 0 radical (unpaired) electrons. The van der Waals surface area contributed by atoms with Gasteiger partial charge in [-0.2, -0.15) is 18.3 Å². The van der Waals surface area contributed by atoms with Crippen molar-refractivity contribution in [2.45, 2.75) is 6.18 Å². The first-order valence-corrected chi connectivity index (χ1v) is 6.70. The monoisotopic (exact) mass is 389 g/mol. The SMILES string of the molecule is FC(F)(F)c1ccccc1-c1cnc2[nH]ncc2c1I. The lowest BCUT2D eigenvalue weighted by atomic mass is 10.0. The van der Waals surface area contributed by atoms with Gasteiger partial charge in [0.25, 0.3) is 0 Å². The highest BCUT2D eigenvalue weighted by Gasteiger charge is 2.33. The minimum atomic E-state index is -4.40. The molecule has 0 aliphatic carbocycles. The molecule has 0 atom stereocenters. The Labute approximate surface area is 125 Å². The molecule has 0 fully saturated rings. The highest BCUT2D eigenvalue weighted by Crippen LogP contribution is 2.39. The van der Waals surface area contributed by atoms with Gasteiger partial charge in [0.15, 0.2) is 5.65 Å². The van der Waals surface area contributed by atoms with Gasteiger partial charge in [0, 0.05) is 15.3 Å². The van der Waals surface area contributed by atoms with Gasteiger partial charge in [-0.15, -0.1) is 0 Å². The van der Waals surface area contributed by atoms with Gasteiger partial charge >= 0.3 is 6.18 Å². The molecule has 0 saturated carbocycles. The number of rotatable bonds is 1. The molecular weight excluding hydrogens is 382 g/mol. The van der Waals surface area contributed by atoms with Gasteiger partial charge < -0.3 is 0 Å². The fourth-order valence-electron chi connectivity index (χ4n) is 2.02. The molecule has 1 N–H and O–H groups in total. The first-order valence-electron chi connectivity index (χ1n) is 5.62. The number of alkyl halides is 3. The van der Waals surface area contributed by atoms with E-state index in [4.69, 9.17) is 0 Å². The Morgan fingerprint density at radius 1 is 1.05 bits per heavy atom. The van der Waals surface area contributed by atoms with Gasteiger partial charge in [0.05, 0.1) is 17.1 Å². The lowest BCUT2D eigenvalue weighted by molar-refractivity contribution is -0.137. The zero-order valence-electron chi connectivity index (χ0n) is 9.87. The smallest absolute Gasteiger partial charge is 0.261 e. The molecule has 0 spiro atoms. The van der Waals surface area contributed by atoms with Crippen LogP contribution in [0, 0.1) is 3.57 Å². The summed E-state index contributed by atoms with van der Waals surface area (Å²) in [6.45, 7) is 0. The fraction of sp³-hybridized carbons (Fsp3) is 0.0769. The Balaban J connectivity index is 2.29. The number of aromatic amines is 1. The van der Waals surface area contributed by atoms with E-state index in [0.717, 1.165) is 6.07 Å². The molecule has 102 valence electrons. The number of halogens is 4. The molecule has 1 aromatic carbocycles. The molecular formula is C13H7F3IN3. The Bertz CT molecular complexity index is 780. The van der Waals surface area contributed by atoms with Crippen LogP contribution in [-0.2, 0) is 6.18 Å². The van der Waals surface area contributed by atoms with Crippen molar-refractivity contribution in [1.82, 2.24) is 15.2 Å². The molecule has 3 nitrogen and oxygen atoms in total. The predicted octanol–water partition coefficient (Wildman–Crippen LogP) is 4.25. The van der Waals surface area contributed by atoms with Crippen LogP contribution in [0.2, 0.25) is 0 Å². The second-order valence-corrected chi connectivity index (χ2v) is 5.24. The number of H-pyrrole nitrogens is 1. The van der Waals surface area contributed by atoms with Crippen LogP contribution in [0.15, 0.2) is 36.7 Å². The Hall–Kier alpha value is -1.64. The lowest BCUT2D eigenvalue weighted by Gasteiger charge is -2.13. The summed E-state index contributed by atoms with van der Waals surface area (Å²) >= 11 is 2.02. The van der Waals surface area contributed by atoms with E-state index < -0.39 is 11.7 Å². The van der Waals surface area contributed by atoms with E-state index in [1.165, 1.54) is 18.3 Å². The van der Waals surface area contributed by atoms with Crippen molar-refractivity contribution in [3.05, 3.63) is 45.8 Å². The van der Waals surface area contributed by atoms with Crippen molar-refractivity contribution in [2.24, 2.45) is 0 Å². The summed E-state index contributed by atoms with van der Waals surface area (Å²) in [6.07, 6.45) is -1.40. The minimum absolute atomic E-state index is 0.125. The van der Waals surface area contributed by atoms with E-state index >= 15 is 0 Å². The summed E-state index contributed by atoms with van der Waals surface area (Å²) in [5.74, 6) is 0. The highest BCUT2D eigenvalue weighted by atomic mass is 127. The van der Waals surface area contributed by atoms with Crippen LogP contribution >= 0.6 is 22.6 Å². The van der Waals surface area contributed by atoms with Crippen LogP contribution in [0.5, 0.6) is 0 Å². The summed E-state index contributed by atoms with van der Waals surface area (Å²) in [5.41, 5.74) is 0.470. The van der Waals surface area contributed by atoms with E-state index in [0.29, 0.717) is 20.2 Å². The summed E-state index contributed by atoms with van der Waals surface area (Å²) in [5, 5.41) is 7.26. The van der Waals surface area contributed by atoms with Crippen LogP contribution in [0.1, 0.15) is 5.56 Å². The van der Waals surface area contributed by atoms with Crippen molar-refractivity contribution in [1.29, 1.82) is 0 Å². The Morgan fingerprint density at radius 3 is 2.55 bits per heavy atom. The molecule has 20 heavy (non-hydrogen) atoms. The van der Waals surface area contributed by atoms with Gasteiger partial charge in [-0.05, 0) is 34.2 Å². The van der Waals surface area contributed by atoms with Crippen molar-refractivity contribution >= 4 is 33.6 Å². The molecule has 2 heterocycles. The molecule has 2 aromatic heterocycles. The zero-order chi connectivity index (χ0) is 14.3. The van der Waals surface area contributed by atoms with Crippen molar-refractivity contribution in [3.8, 4) is 11.1 Å². The topological polar surface area (TPSA) is 41.6 Å². The van der Waals surface area contributed by atoms with E-state index in [-0.39, 0.29) is 5.56 Å². The summed E-state index contributed by atoms with van der Waals surface area (Å²) in [7, 11) is 0. The van der Waals surface area contributed by atoms with E-state index in [1.807, 2.05) is 22.6 Å². The van der Waals surface area contributed by atoms with Crippen molar-refractivity contribution in [2.75, 3.05) is 0 Å². The Morgan fingerprint density at radius 2 is 1.80 bits per heavy atom. The summed E-state index contributed by atoms with van der Waals surface area (Å²) in [6, 6.07) is 5.49. The largest absolute Gasteiger partial charge is 0.417 e. The minimum Gasteiger partial charge on any atom is -0.261 e. The lowest BCUT2D eigenvalue weighted by Crippen LogP contribution is -2.07. The molecule has 0 aliphatic rings. The maximum Gasteiger partial charge on any atom is 0.417 e. The van der Waals surface area contributed by atoms with Gasteiger partial charge in [-0.1, -0.05) is 18.2 Å². The number of hydrogen-bond acceptors (Lipinski definition) is 2. The molecule has 0 bridgehead atoms. The number of hydrogen-bond donors (Lipinski definition) is 1. The van der Waals surface area contributed by atoms with Gasteiger partial charge in [0.1, 0.15) is 0 Å². The normalized spacial score (nSPS) is 12.0. The van der Waals surface area contributed by atoms with Crippen LogP contribution in [0.3, 0.4) is 0 Å². The number of benzene rings is 1. The molecule has 0 unspecified atom stereocenters. The molecule has 3 rings (SSSR count). The second-order valence-electron chi connectivity index (χ2n) is 4.16. The number of fused-ring (bicyclic) bond motifs is 1. The van der Waals surface area contributed by atoms with Crippen molar-refractivity contribution in [3.63, 3.8) is 0 Å². The molecule has 0 aliphatic heterocycles. The average Bonchev–Trinajstić information content (AvgIpc) is 2.87. The standard InChI is InChI=1S/C13H7F3IN3/c14-13(15,16)10-4-2-1-3-7(10)8-5-18-12-9(11(8)17)6-19-20-12/h1-6H,(H,18,19,20). The first-order chi connectivity index (χ1) is 9.48. The number of nitrogens with zero attached hydrogens (tertiary/aromatic N) is 2. The van der Waals surface area contributed by atoms with Crippen LogP contribution in [0.25, 0.3) is 22.2 Å². The van der Waals surface area contributed by atoms with Crippen LogP contribution in [0.4, 0.5) is 13.2 Å². The third-order valence-electron chi connectivity index (χ3n) is 2.94. The molecule has 7 heteroatoms. The molecule has 0 saturated heterocycles. The Kier molecular flexibility index (Phi) is 3.15. The first kappa shape index (κ1) is 13.3. The average molecular weight is 389 g/mol. The molecule has 0 amide bonds. The summed E-state index contributed by atoms with van der Waals surface area (Å²) in [4.78, 5) is 4.11. The molecule has 3 aromatic rings. The number of nitrogens with one attached hydrogen (secondary N) is 1. The number of pyridine rings is 1. The van der Waals surface area contributed by atoms with Gasteiger partial charge in [-0.3, -0.25) is 5.10 Å². The third kappa shape index (κ3) is 2.15. The van der Waals surface area contributed by atoms with Gasteiger partial charge in [0.2, 0.25) is 0 Å². The zero-order valence-corrected chi connectivity index (χ0v) is 12.0. The number of aromatic nitrogens is 3. The third-order valence-corrected chi connectivity index (χ3v) is 4.10. The predicted molar refractivity (Wildman–Crippen MR) is 77.0 cm³/mol. The maximum absolute atomic E-state index is 13.1. The quantitative estimate of drug-likeness (QED) is 0.633. The van der Waals surface area contributed by atoms with Crippen LogP contribution < -0.4 is 0 Å².